The first-order chi connectivity index (χ1) is 13.0. The molecule has 158 valence electrons. The predicted octanol–water partition coefficient (Wildman–Crippen LogP) is 0.701. The minimum atomic E-state index is -3.26. The number of ether oxygens (including phenoxy) is 2. The van der Waals surface area contributed by atoms with Gasteiger partial charge in [0.05, 0.1) is 13.4 Å². The summed E-state index contributed by atoms with van der Waals surface area (Å²) in [6, 6.07) is 2.45. The molecule has 0 saturated heterocycles. The van der Waals surface area contributed by atoms with Crippen molar-refractivity contribution in [2.24, 2.45) is 5.92 Å². The van der Waals surface area contributed by atoms with Gasteiger partial charge in [0.25, 0.3) is 5.91 Å². The third kappa shape index (κ3) is 9.29. The Kier molecular flexibility index (Phi) is 9.56. The van der Waals surface area contributed by atoms with Crippen molar-refractivity contribution in [3.63, 3.8) is 0 Å². The van der Waals surface area contributed by atoms with Gasteiger partial charge in [-0.05, 0) is 30.9 Å². The van der Waals surface area contributed by atoms with Crippen LogP contribution in [0.2, 0.25) is 0 Å². The van der Waals surface area contributed by atoms with Gasteiger partial charge in [-0.15, -0.1) is 11.3 Å². The Morgan fingerprint density at radius 3 is 2.46 bits per heavy atom. The molecule has 1 aromatic rings. The van der Waals surface area contributed by atoms with Crippen LogP contribution in [0.25, 0.3) is 0 Å². The van der Waals surface area contributed by atoms with Crippen LogP contribution >= 0.6 is 11.3 Å². The van der Waals surface area contributed by atoms with E-state index in [-0.39, 0.29) is 12.5 Å². The van der Waals surface area contributed by atoms with E-state index in [9.17, 15) is 22.8 Å². The van der Waals surface area contributed by atoms with Gasteiger partial charge in [0, 0.05) is 11.4 Å². The molecule has 1 atom stereocenters. The molecule has 0 radical (unpaired) electrons. The molecule has 1 rings (SSSR count). The van der Waals surface area contributed by atoms with E-state index in [4.69, 9.17) is 4.74 Å². The number of thiophene rings is 1. The van der Waals surface area contributed by atoms with Crippen molar-refractivity contribution >= 4 is 39.2 Å². The van der Waals surface area contributed by atoms with Gasteiger partial charge in [-0.25, -0.2) is 22.7 Å². The Bertz CT molecular complexity index is 787. The van der Waals surface area contributed by atoms with Gasteiger partial charge in [0.2, 0.25) is 10.0 Å². The highest BCUT2D eigenvalue weighted by Gasteiger charge is 2.23. The highest BCUT2D eigenvalue weighted by molar-refractivity contribution is 7.88. The van der Waals surface area contributed by atoms with E-state index in [1.54, 1.807) is 12.1 Å². The fourth-order valence-electron chi connectivity index (χ4n) is 2.25. The van der Waals surface area contributed by atoms with E-state index < -0.39 is 40.5 Å². The Morgan fingerprint density at radius 2 is 1.89 bits per heavy atom. The summed E-state index contributed by atoms with van der Waals surface area (Å²) in [5.41, 5.74) is 0. The van der Waals surface area contributed by atoms with Crippen molar-refractivity contribution in [3.8, 4) is 0 Å². The molecule has 1 heterocycles. The molecule has 0 aliphatic heterocycles. The van der Waals surface area contributed by atoms with Crippen molar-refractivity contribution in [2.45, 2.75) is 32.7 Å². The summed E-state index contributed by atoms with van der Waals surface area (Å²) in [5, 5.41) is 2.50. The van der Waals surface area contributed by atoms with Crippen LogP contribution < -0.4 is 10.0 Å². The van der Waals surface area contributed by atoms with Gasteiger partial charge in [-0.3, -0.25) is 4.79 Å². The minimum Gasteiger partial charge on any atom is -0.467 e. The fourth-order valence-corrected chi connectivity index (χ4v) is 3.62. The van der Waals surface area contributed by atoms with Gasteiger partial charge in [-0.1, -0.05) is 13.8 Å². The van der Waals surface area contributed by atoms with Gasteiger partial charge in [0.15, 0.2) is 6.61 Å². The molecule has 0 aromatic carbocycles. The Morgan fingerprint density at radius 1 is 1.21 bits per heavy atom. The van der Waals surface area contributed by atoms with E-state index in [2.05, 4.69) is 14.8 Å². The first kappa shape index (κ1) is 24.1. The minimum absolute atomic E-state index is 0.161. The van der Waals surface area contributed by atoms with Crippen LogP contribution in [0.3, 0.4) is 0 Å². The molecular formula is C17H26N2O7S2. The summed E-state index contributed by atoms with van der Waals surface area (Å²) in [7, 11) is -2.02. The lowest BCUT2D eigenvalue weighted by Crippen LogP contribution is -2.44. The lowest BCUT2D eigenvalue weighted by molar-refractivity contribution is -0.145. The summed E-state index contributed by atoms with van der Waals surface area (Å²) >= 11 is 1.16. The monoisotopic (exact) mass is 434 g/mol. The maximum absolute atomic E-state index is 12.1. The van der Waals surface area contributed by atoms with E-state index in [1.807, 2.05) is 13.8 Å². The molecule has 0 saturated carbocycles. The molecule has 0 aliphatic carbocycles. The molecule has 0 aliphatic rings. The largest absolute Gasteiger partial charge is 0.467 e. The third-order valence-corrected chi connectivity index (χ3v) is 5.31. The molecule has 28 heavy (non-hydrogen) atoms. The number of methoxy groups -OCH3 is 1. The van der Waals surface area contributed by atoms with E-state index in [0.717, 1.165) is 22.5 Å². The van der Waals surface area contributed by atoms with Crippen LogP contribution in [0.4, 0.5) is 0 Å². The lowest BCUT2D eigenvalue weighted by Gasteiger charge is -2.18. The highest BCUT2D eigenvalue weighted by atomic mass is 32.2. The first-order valence-electron chi connectivity index (χ1n) is 8.59. The first-order valence-corrected chi connectivity index (χ1v) is 11.3. The Hall–Kier alpha value is -1.98. The molecule has 9 nitrogen and oxygen atoms in total. The SMILES string of the molecule is COC(=O)C(CC(C)C)NC(=O)COC(=O)c1ccc(CCNS(C)(=O)=O)s1. The molecule has 0 spiro atoms. The molecule has 11 heteroatoms. The molecule has 1 aromatic heterocycles. The zero-order valence-electron chi connectivity index (χ0n) is 16.3. The second kappa shape index (κ2) is 11.1. The number of amides is 1. The average Bonchev–Trinajstić information content (AvgIpc) is 3.05. The van der Waals surface area contributed by atoms with Gasteiger partial charge in [0.1, 0.15) is 10.9 Å². The van der Waals surface area contributed by atoms with Gasteiger partial charge >= 0.3 is 11.9 Å². The van der Waals surface area contributed by atoms with Crippen molar-refractivity contribution < 1.29 is 32.3 Å². The van der Waals surface area contributed by atoms with Crippen LogP contribution in [0.1, 0.15) is 34.8 Å². The molecule has 0 fully saturated rings. The maximum Gasteiger partial charge on any atom is 0.348 e. The average molecular weight is 435 g/mol. The number of nitrogens with one attached hydrogen (secondary N) is 2. The van der Waals surface area contributed by atoms with Crippen LogP contribution in [-0.4, -0.2) is 58.8 Å². The lowest BCUT2D eigenvalue weighted by atomic mass is 10.0. The summed E-state index contributed by atoms with van der Waals surface area (Å²) in [6.07, 6.45) is 1.91. The zero-order chi connectivity index (χ0) is 21.3. The van der Waals surface area contributed by atoms with Crippen molar-refractivity contribution in [1.82, 2.24) is 10.0 Å². The standard InChI is InChI=1S/C17H26N2O7S2/c1-11(2)9-13(16(21)25-3)19-15(20)10-26-17(22)14-6-5-12(27-14)7-8-18-28(4,23)24/h5-6,11,13,18H,7-10H2,1-4H3,(H,19,20). The maximum atomic E-state index is 12.1. The van der Waals surface area contributed by atoms with Crippen LogP contribution in [0.15, 0.2) is 12.1 Å². The van der Waals surface area contributed by atoms with Crippen molar-refractivity contribution in [1.29, 1.82) is 0 Å². The second-order valence-corrected chi connectivity index (χ2v) is 9.53. The fraction of sp³-hybridized carbons (Fsp3) is 0.588. The van der Waals surface area contributed by atoms with Crippen LogP contribution in [0, 0.1) is 5.92 Å². The third-order valence-electron chi connectivity index (χ3n) is 3.46. The highest BCUT2D eigenvalue weighted by Crippen LogP contribution is 2.18. The van der Waals surface area contributed by atoms with E-state index >= 15 is 0 Å². The summed E-state index contributed by atoms with van der Waals surface area (Å²) in [6.45, 7) is 3.51. The number of hydrogen-bond donors (Lipinski definition) is 2. The topological polar surface area (TPSA) is 128 Å². The van der Waals surface area contributed by atoms with Gasteiger partial charge in [-0.2, -0.15) is 0 Å². The summed E-state index contributed by atoms with van der Waals surface area (Å²) < 4.78 is 34.1. The molecule has 1 amide bonds. The van der Waals surface area contributed by atoms with Crippen molar-refractivity contribution in [3.05, 3.63) is 21.9 Å². The normalized spacial score (nSPS) is 12.5. The number of hydrogen-bond acceptors (Lipinski definition) is 8. The number of carbonyl (C=O) groups excluding carboxylic acids is 3. The Labute approximate surface area is 168 Å². The molecular weight excluding hydrogens is 408 g/mol. The van der Waals surface area contributed by atoms with Crippen LogP contribution in [0.5, 0.6) is 0 Å². The molecule has 0 bridgehead atoms. The number of sulfonamides is 1. The smallest absolute Gasteiger partial charge is 0.348 e. The van der Waals surface area contributed by atoms with Crippen LogP contribution in [-0.2, 0) is 35.5 Å². The van der Waals surface area contributed by atoms with Crippen molar-refractivity contribution in [2.75, 3.05) is 26.5 Å². The summed E-state index contributed by atoms with van der Waals surface area (Å²) in [4.78, 5) is 36.8. The van der Waals surface area contributed by atoms with E-state index in [0.29, 0.717) is 17.7 Å². The number of carbonyl (C=O) groups is 3. The molecule has 1 unspecified atom stereocenters. The number of esters is 2. The van der Waals surface area contributed by atoms with E-state index in [1.165, 1.54) is 7.11 Å². The predicted molar refractivity (Wildman–Crippen MR) is 105 cm³/mol. The summed E-state index contributed by atoms with van der Waals surface area (Å²) in [5.74, 6) is -1.66. The quantitative estimate of drug-likeness (QED) is 0.491. The second-order valence-electron chi connectivity index (χ2n) is 6.53. The number of rotatable bonds is 11. The zero-order valence-corrected chi connectivity index (χ0v) is 17.9. The molecule has 2 N–H and O–H groups in total. The Balaban J connectivity index is 2.50. The van der Waals surface area contributed by atoms with Gasteiger partial charge < -0.3 is 14.8 Å².